The second-order valence-electron chi connectivity index (χ2n) is 3.53. The van der Waals surface area contributed by atoms with E-state index in [-0.39, 0.29) is 5.75 Å². The molecule has 1 aromatic carbocycles. The maximum absolute atomic E-state index is 9.47. The van der Waals surface area contributed by atoms with E-state index in [0.29, 0.717) is 18.1 Å². The van der Waals surface area contributed by atoms with Gasteiger partial charge in [-0.1, -0.05) is 0 Å². The van der Waals surface area contributed by atoms with Crippen molar-refractivity contribution in [2.45, 2.75) is 6.29 Å². The standard InChI is InChI=1S/C12H14O5/c1-14-6-9-7-16-12(17-9)8-3-4-10(13)11(5-8)15-2/h3-5,7,12-13H,6H2,1-2H3. The zero-order valence-corrected chi connectivity index (χ0v) is 9.67. The van der Waals surface area contributed by atoms with Crippen molar-refractivity contribution in [2.24, 2.45) is 0 Å². The van der Waals surface area contributed by atoms with Gasteiger partial charge in [0.15, 0.2) is 17.3 Å². The monoisotopic (exact) mass is 238 g/mol. The first-order valence-electron chi connectivity index (χ1n) is 5.11. The molecule has 2 rings (SSSR count). The average molecular weight is 238 g/mol. The highest BCUT2D eigenvalue weighted by Crippen LogP contribution is 2.34. The van der Waals surface area contributed by atoms with Crippen molar-refractivity contribution in [3.8, 4) is 11.5 Å². The molecule has 0 aliphatic carbocycles. The van der Waals surface area contributed by atoms with Crippen molar-refractivity contribution < 1.29 is 24.1 Å². The number of rotatable bonds is 4. The van der Waals surface area contributed by atoms with Crippen molar-refractivity contribution in [1.82, 2.24) is 0 Å². The summed E-state index contributed by atoms with van der Waals surface area (Å²) in [5, 5.41) is 9.47. The molecular formula is C12H14O5. The van der Waals surface area contributed by atoms with Crippen molar-refractivity contribution in [3.63, 3.8) is 0 Å². The molecule has 1 aromatic rings. The van der Waals surface area contributed by atoms with Crippen LogP contribution in [-0.2, 0) is 14.2 Å². The van der Waals surface area contributed by atoms with Crippen LogP contribution in [-0.4, -0.2) is 25.9 Å². The third-order valence-electron chi connectivity index (χ3n) is 2.34. The fraction of sp³-hybridized carbons (Fsp3) is 0.333. The number of methoxy groups -OCH3 is 2. The van der Waals surface area contributed by atoms with Gasteiger partial charge in [0.25, 0.3) is 6.29 Å². The summed E-state index contributed by atoms with van der Waals surface area (Å²) in [7, 11) is 3.07. The first-order valence-corrected chi connectivity index (χ1v) is 5.11. The van der Waals surface area contributed by atoms with Gasteiger partial charge < -0.3 is 24.1 Å². The van der Waals surface area contributed by atoms with E-state index in [1.54, 1.807) is 19.2 Å². The van der Waals surface area contributed by atoms with Gasteiger partial charge in [-0.2, -0.15) is 0 Å². The molecule has 92 valence electrons. The minimum atomic E-state index is -0.519. The fourth-order valence-electron chi connectivity index (χ4n) is 1.53. The maximum Gasteiger partial charge on any atom is 0.266 e. The Labute approximate surface area is 99.2 Å². The summed E-state index contributed by atoms with van der Waals surface area (Å²) < 4.78 is 20.8. The largest absolute Gasteiger partial charge is 0.504 e. The molecule has 0 spiro atoms. The maximum atomic E-state index is 9.47. The van der Waals surface area contributed by atoms with Crippen LogP contribution < -0.4 is 4.74 Å². The van der Waals surface area contributed by atoms with Crippen molar-refractivity contribution in [1.29, 1.82) is 0 Å². The van der Waals surface area contributed by atoms with Crippen LogP contribution in [0.3, 0.4) is 0 Å². The molecule has 0 radical (unpaired) electrons. The van der Waals surface area contributed by atoms with Crippen LogP contribution in [0.1, 0.15) is 11.9 Å². The molecule has 1 aliphatic heterocycles. The van der Waals surface area contributed by atoms with Crippen LogP contribution in [0.5, 0.6) is 11.5 Å². The highest BCUT2D eigenvalue weighted by molar-refractivity contribution is 5.42. The molecule has 0 saturated carbocycles. The molecule has 0 bridgehead atoms. The highest BCUT2D eigenvalue weighted by atomic mass is 16.7. The lowest BCUT2D eigenvalue weighted by Crippen LogP contribution is -2.02. The Bertz CT molecular complexity index is 427. The van der Waals surface area contributed by atoms with E-state index in [2.05, 4.69) is 0 Å². The third-order valence-corrected chi connectivity index (χ3v) is 2.34. The molecule has 5 heteroatoms. The highest BCUT2D eigenvalue weighted by Gasteiger charge is 2.22. The molecule has 0 amide bonds. The number of phenols is 1. The molecule has 17 heavy (non-hydrogen) atoms. The van der Waals surface area contributed by atoms with Crippen LogP contribution in [0.2, 0.25) is 0 Å². The van der Waals surface area contributed by atoms with Crippen molar-refractivity contribution >= 4 is 0 Å². The first kappa shape index (κ1) is 11.6. The molecular weight excluding hydrogens is 224 g/mol. The van der Waals surface area contributed by atoms with Gasteiger partial charge in [-0.15, -0.1) is 0 Å². The van der Waals surface area contributed by atoms with Gasteiger partial charge in [-0.05, 0) is 18.2 Å². The lowest BCUT2D eigenvalue weighted by molar-refractivity contribution is -0.0412. The van der Waals surface area contributed by atoms with E-state index in [0.717, 1.165) is 5.56 Å². The Morgan fingerprint density at radius 3 is 2.88 bits per heavy atom. The van der Waals surface area contributed by atoms with Crippen LogP contribution in [0, 0.1) is 0 Å². The van der Waals surface area contributed by atoms with Crippen LogP contribution in [0.15, 0.2) is 30.2 Å². The molecule has 1 heterocycles. The van der Waals surface area contributed by atoms with Gasteiger partial charge in [0.05, 0.1) is 7.11 Å². The Balaban J connectivity index is 2.10. The molecule has 5 nitrogen and oxygen atoms in total. The van der Waals surface area contributed by atoms with E-state index < -0.39 is 6.29 Å². The normalized spacial score (nSPS) is 18.2. The lowest BCUT2D eigenvalue weighted by atomic mass is 10.2. The molecule has 0 aromatic heterocycles. The van der Waals surface area contributed by atoms with Gasteiger partial charge in [0.1, 0.15) is 12.9 Å². The third kappa shape index (κ3) is 2.45. The lowest BCUT2D eigenvalue weighted by Gasteiger charge is -2.13. The van der Waals surface area contributed by atoms with E-state index in [4.69, 9.17) is 18.9 Å². The summed E-state index contributed by atoms with van der Waals surface area (Å²) in [5.41, 5.74) is 0.766. The van der Waals surface area contributed by atoms with Gasteiger partial charge in [-0.3, -0.25) is 0 Å². The topological polar surface area (TPSA) is 57.2 Å². The Morgan fingerprint density at radius 2 is 2.18 bits per heavy atom. The first-order chi connectivity index (χ1) is 8.24. The second kappa shape index (κ2) is 4.97. The number of benzene rings is 1. The fourth-order valence-corrected chi connectivity index (χ4v) is 1.53. The quantitative estimate of drug-likeness (QED) is 0.868. The predicted molar refractivity (Wildman–Crippen MR) is 59.5 cm³/mol. The number of hydrogen-bond acceptors (Lipinski definition) is 5. The SMILES string of the molecule is COCC1=COC(c2ccc(O)c(OC)c2)O1. The Morgan fingerprint density at radius 1 is 1.35 bits per heavy atom. The van der Waals surface area contributed by atoms with Crippen molar-refractivity contribution in [2.75, 3.05) is 20.8 Å². The van der Waals surface area contributed by atoms with Crippen LogP contribution in [0.25, 0.3) is 0 Å². The number of hydrogen-bond donors (Lipinski definition) is 1. The molecule has 1 aliphatic rings. The predicted octanol–water partition coefficient (Wildman–Crippen LogP) is 1.93. The Hall–Kier alpha value is -1.88. The minimum Gasteiger partial charge on any atom is -0.504 e. The minimum absolute atomic E-state index is 0.0827. The van der Waals surface area contributed by atoms with Crippen LogP contribution in [0.4, 0.5) is 0 Å². The summed E-state index contributed by atoms with van der Waals surface area (Å²) in [4.78, 5) is 0. The molecule has 1 N–H and O–H groups in total. The summed E-state index contributed by atoms with van der Waals surface area (Å²) in [5.74, 6) is 1.10. The van der Waals surface area contributed by atoms with E-state index >= 15 is 0 Å². The molecule has 0 saturated heterocycles. The van der Waals surface area contributed by atoms with Gasteiger partial charge >= 0.3 is 0 Å². The van der Waals surface area contributed by atoms with E-state index in [9.17, 15) is 5.11 Å². The average Bonchev–Trinajstić information content (AvgIpc) is 2.79. The zero-order chi connectivity index (χ0) is 12.3. The van der Waals surface area contributed by atoms with Gasteiger partial charge in [0.2, 0.25) is 0 Å². The van der Waals surface area contributed by atoms with Crippen LogP contribution >= 0.6 is 0 Å². The summed E-state index contributed by atoms with van der Waals surface area (Å²) in [6, 6.07) is 4.92. The molecule has 1 unspecified atom stereocenters. The second-order valence-corrected chi connectivity index (χ2v) is 3.53. The van der Waals surface area contributed by atoms with E-state index in [1.807, 2.05) is 0 Å². The number of phenolic OH excluding ortho intramolecular Hbond substituents is 1. The molecule has 0 fully saturated rings. The summed E-state index contributed by atoms with van der Waals surface area (Å²) >= 11 is 0. The molecule has 1 atom stereocenters. The van der Waals surface area contributed by atoms with Crippen molar-refractivity contribution in [3.05, 3.63) is 35.8 Å². The Kier molecular flexibility index (Phi) is 3.39. The van der Waals surface area contributed by atoms with E-state index in [1.165, 1.54) is 19.4 Å². The van der Waals surface area contributed by atoms with Gasteiger partial charge in [-0.25, -0.2) is 0 Å². The zero-order valence-electron chi connectivity index (χ0n) is 9.67. The smallest absolute Gasteiger partial charge is 0.266 e. The number of aromatic hydroxyl groups is 1. The van der Waals surface area contributed by atoms with Gasteiger partial charge in [0, 0.05) is 12.7 Å². The summed E-state index contributed by atoms with van der Waals surface area (Å²) in [6.45, 7) is 0.367. The summed E-state index contributed by atoms with van der Waals surface area (Å²) in [6.07, 6.45) is 1.00. The number of ether oxygens (including phenoxy) is 4.